The summed E-state index contributed by atoms with van der Waals surface area (Å²) in [5.41, 5.74) is 1.27. The molecule has 4 rings (SSSR count). The van der Waals surface area contributed by atoms with Gasteiger partial charge in [-0.2, -0.15) is 0 Å². The van der Waals surface area contributed by atoms with Gasteiger partial charge in [-0.1, -0.05) is 12.8 Å². The molecule has 0 bridgehead atoms. The molecule has 3 nitrogen and oxygen atoms in total. The molecule has 3 aliphatic rings. The van der Waals surface area contributed by atoms with Gasteiger partial charge in [0.2, 0.25) is 0 Å². The molecule has 3 heteroatoms. The first-order valence-corrected chi connectivity index (χ1v) is 8.04. The van der Waals surface area contributed by atoms with Gasteiger partial charge in [0.1, 0.15) is 18.1 Å². The van der Waals surface area contributed by atoms with Gasteiger partial charge in [-0.05, 0) is 50.3 Å². The van der Waals surface area contributed by atoms with E-state index < -0.39 is 0 Å². The van der Waals surface area contributed by atoms with Crippen molar-refractivity contribution in [2.45, 2.75) is 50.6 Å². The minimum atomic E-state index is 0.304. The highest BCUT2D eigenvalue weighted by molar-refractivity contribution is 5.44. The van der Waals surface area contributed by atoms with Crippen LogP contribution in [0.3, 0.4) is 0 Å². The van der Waals surface area contributed by atoms with Gasteiger partial charge >= 0.3 is 0 Å². The van der Waals surface area contributed by atoms with Gasteiger partial charge in [-0.15, -0.1) is 0 Å². The number of hydrogen-bond donors (Lipinski definition) is 1. The fourth-order valence-corrected chi connectivity index (χ4v) is 4.51. The van der Waals surface area contributed by atoms with E-state index >= 15 is 0 Å². The first kappa shape index (κ1) is 12.5. The molecule has 3 unspecified atom stereocenters. The molecule has 2 aliphatic heterocycles. The van der Waals surface area contributed by atoms with Crippen LogP contribution >= 0.6 is 0 Å². The number of benzene rings is 1. The number of aromatic hydroxyl groups is 1. The van der Waals surface area contributed by atoms with Crippen molar-refractivity contribution >= 4 is 0 Å². The molecule has 0 aromatic heterocycles. The van der Waals surface area contributed by atoms with E-state index in [4.69, 9.17) is 4.74 Å². The van der Waals surface area contributed by atoms with Crippen molar-refractivity contribution in [2.24, 2.45) is 5.92 Å². The summed E-state index contributed by atoms with van der Waals surface area (Å²) < 4.78 is 5.82. The van der Waals surface area contributed by atoms with Crippen molar-refractivity contribution in [1.29, 1.82) is 0 Å². The molecule has 1 N–H and O–H groups in total. The Morgan fingerprint density at radius 3 is 2.90 bits per heavy atom. The number of phenols is 1. The SMILES string of the molecule is Oc1ccc2c(c1)OCC2N1CCCC2CCCCC21. The average molecular weight is 273 g/mol. The normalized spacial score (nSPS) is 33.3. The quantitative estimate of drug-likeness (QED) is 0.850. The molecule has 1 saturated carbocycles. The molecule has 0 radical (unpaired) electrons. The highest BCUT2D eigenvalue weighted by Crippen LogP contribution is 2.44. The fraction of sp³-hybridized carbons (Fsp3) is 0.647. The second kappa shape index (κ2) is 4.96. The molecule has 1 aliphatic carbocycles. The molecule has 1 aromatic rings. The van der Waals surface area contributed by atoms with Crippen LogP contribution in [-0.2, 0) is 0 Å². The Morgan fingerprint density at radius 2 is 1.95 bits per heavy atom. The number of ether oxygens (including phenoxy) is 1. The molecular formula is C17H23NO2. The first-order chi connectivity index (χ1) is 9.83. The summed E-state index contributed by atoms with van der Waals surface area (Å²) in [6.45, 7) is 1.96. The largest absolute Gasteiger partial charge is 0.508 e. The zero-order chi connectivity index (χ0) is 13.5. The van der Waals surface area contributed by atoms with Gasteiger partial charge in [0.25, 0.3) is 0 Å². The number of phenolic OH excluding ortho intramolecular Hbond substituents is 1. The van der Waals surface area contributed by atoms with Crippen molar-refractivity contribution in [3.63, 3.8) is 0 Å². The van der Waals surface area contributed by atoms with Gasteiger partial charge in [-0.3, -0.25) is 4.90 Å². The van der Waals surface area contributed by atoms with Gasteiger partial charge in [-0.25, -0.2) is 0 Å². The van der Waals surface area contributed by atoms with E-state index in [0.717, 1.165) is 24.3 Å². The smallest absolute Gasteiger partial charge is 0.127 e. The zero-order valence-corrected chi connectivity index (χ0v) is 11.9. The molecular weight excluding hydrogens is 250 g/mol. The third-order valence-electron chi connectivity index (χ3n) is 5.44. The summed E-state index contributed by atoms with van der Waals surface area (Å²) >= 11 is 0. The van der Waals surface area contributed by atoms with Crippen LogP contribution in [-0.4, -0.2) is 29.2 Å². The van der Waals surface area contributed by atoms with E-state index in [2.05, 4.69) is 11.0 Å². The molecule has 0 spiro atoms. The fourth-order valence-electron chi connectivity index (χ4n) is 4.51. The maximum absolute atomic E-state index is 9.59. The first-order valence-electron chi connectivity index (χ1n) is 8.04. The molecule has 2 fully saturated rings. The van der Waals surface area contributed by atoms with Crippen LogP contribution in [0, 0.1) is 5.92 Å². The van der Waals surface area contributed by atoms with Crippen LogP contribution in [0.4, 0.5) is 0 Å². The summed E-state index contributed by atoms with van der Waals surface area (Å²) in [4.78, 5) is 2.70. The van der Waals surface area contributed by atoms with Crippen LogP contribution in [0.5, 0.6) is 11.5 Å². The Balaban J connectivity index is 1.62. The highest BCUT2D eigenvalue weighted by atomic mass is 16.5. The lowest BCUT2D eigenvalue weighted by atomic mass is 9.77. The molecule has 0 amide bonds. The van der Waals surface area contributed by atoms with Crippen molar-refractivity contribution in [3.05, 3.63) is 23.8 Å². The number of fused-ring (bicyclic) bond motifs is 2. The second-order valence-electron chi connectivity index (χ2n) is 6.54. The van der Waals surface area contributed by atoms with Crippen LogP contribution < -0.4 is 4.74 Å². The molecule has 3 atom stereocenters. The maximum Gasteiger partial charge on any atom is 0.127 e. The topological polar surface area (TPSA) is 32.7 Å². The molecule has 1 saturated heterocycles. The lowest BCUT2D eigenvalue weighted by molar-refractivity contribution is 0.0183. The summed E-state index contributed by atoms with van der Waals surface area (Å²) in [6.07, 6.45) is 8.31. The summed E-state index contributed by atoms with van der Waals surface area (Å²) in [5, 5.41) is 9.59. The molecule has 2 heterocycles. The van der Waals surface area contributed by atoms with E-state index in [1.165, 1.54) is 50.6 Å². The van der Waals surface area contributed by atoms with Crippen molar-refractivity contribution in [3.8, 4) is 11.5 Å². The van der Waals surface area contributed by atoms with Crippen LogP contribution in [0.15, 0.2) is 18.2 Å². The Bertz CT molecular complexity index is 500. The predicted molar refractivity (Wildman–Crippen MR) is 78.0 cm³/mol. The second-order valence-corrected chi connectivity index (χ2v) is 6.54. The lowest BCUT2D eigenvalue weighted by Gasteiger charge is -2.46. The van der Waals surface area contributed by atoms with Crippen LogP contribution in [0.2, 0.25) is 0 Å². The number of hydrogen-bond acceptors (Lipinski definition) is 3. The number of likely N-dealkylation sites (tertiary alicyclic amines) is 1. The van der Waals surface area contributed by atoms with Crippen LogP contribution in [0.25, 0.3) is 0 Å². The van der Waals surface area contributed by atoms with Gasteiger partial charge in [0.05, 0.1) is 6.04 Å². The Hall–Kier alpha value is -1.22. The maximum atomic E-state index is 9.59. The van der Waals surface area contributed by atoms with E-state index in [-0.39, 0.29) is 0 Å². The van der Waals surface area contributed by atoms with Crippen molar-refractivity contribution in [2.75, 3.05) is 13.2 Å². The Labute approximate surface area is 120 Å². The summed E-state index contributed by atoms with van der Waals surface area (Å²) in [6, 6.07) is 6.76. The third-order valence-corrected chi connectivity index (χ3v) is 5.44. The van der Waals surface area contributed by atoms with Gasteiger partial charge < -0.3 is 9.84 Å². The van der Waals surface area contributed by atoms with E-state index in [1.807, 2.05) is 0 Å². The van der Waals surface area contributed by atoms with Crippen LogP contribution in [0.1, 0.15) is 50.1 Å². The standard InChI is InChI=1S/C17H23NO2/c19-13-7-8-14-16(11-20-17(14)10-13)18-9-3-5-12-4-1-2-6-15(12)18/h7-8,10,12,15-16,19H,1-6,9,11H2. The number of nitrogens with zero attached hydrogens (tertiary/aromatic N) is 1. The average Bonchev–Trinajstić information content (AvgIpc) is 2.89. The minimum absolute atomic E-state index is 0.304. The number of rotatable bonds is 1. The minimum Gasteiger partial charge on any atom is -0.508 e. The van der Waals surface area contributed by atoms with E-state index in [0.29, 0.717) is 11.8 Å². The van der Waals surface area contributed by atoms with Crippen molar-refractivity contribution < 1.29 is 9.84 Å². The predicted octanol–water partition coefficient (Wildman–Crippen LogP) is 3.48. The Kier molecular flexibility index (Phi) is 3.10. The third kappa shape index (κ3) is 1.99. The zero-order valence-electron chi connectivity index (χ0n) is 11.9. The Morgan fingerprint density at radius 1 is 1.10 bits per heavy atom. The monoisotopic (exact) mass is 273 g/mol. The highest BCUT2D eigenvalue weighted by Gasteiger charge is 2.40. The molecule has 108 valence electrons. The molecule has 1 aromatic carbocycles. The lowest BCUT2D eigenvalue weighted by Crippen LogP contribution is -2.48. The van der Waals surface area contributed by atoms with Gasteiger partial charge in [0, 0.05) is 17.7 Å². The van der Waals surface area contributed by atoms with Gasteiger partial charge in [0.15, 0.2) is 0 Å². The number of piperidine rings is 1. The molecule has 20 heavy (non-hydrogen) atoms. The van der Waals surface area contributed by atoms with E-state index in [9.17, 15) is 5.11 Å². The summed E-state index contributed by atoms with van der Waals surface area (Å²) in [5.74, 6) is 2.09. The van der Waals surface area contributed by atoms with Crippen molar-refractivity contribution in [1.82, 2.24) is 4.90 Å². The van der Waals surface area contributed by atoms with E-state index in [1.54, 1.807) is 12.1 Å². The summed E-state index contributed by atoms with van der Waals surface area (Å²) in [7, 11) is 0.